The first-order valence-corrected chi connectivity index (χ1v) is 11.2. The second-order valence-corrected chi connectivity index (χ2v) is 8.79. The van der Waals surface area contributed by atoms with Gasteiger partial charge in [0.25, 0.3) is 11.8 Å². The van der Waals surface area contributed by atoms with Crippen LogP contribution in [0.15, 0.2) is 54.7 Å². The zero-order valence-corrected chi connectivity index (χ0v) is 18.5. The van der Waals surface area contributed by atoms with E-state index in [1.807, 2.05) is 17.5 Å². The van der Waals surface area contributed by atoms with E-state index in [0.29, 0.717) is 17.7 Å². The maximum absolute atomic E-state index is 13.2. The summed E-state index contributed by atoms with van der Waals surface area (Å²) in [5.74, 6) is -1.27. The second-order valence-electron chi connectivity index (χ2n) is 7.73. The van der Waals surface area contributed by atoms with Crippen LogP contribution in [0.3, 0.4) is 0 Å². The molecule has 0 radical (unpaired) electrons. The molecule has 0 bridgehead atoms. The van der Waals surface area contributed by atoms with Gasteiger partial charge in [-0.2, -0.15) is 0 Å². The molecule has 0 unspecified atom stereocenters. The molecule has 1 aliphatic rings. The fraction of sp³-hybridized carbons (Fsp3) is 0.167. The van der Waals surface area contributed by atoms with Gasteiger partial charge in [-0.05, 0) is 43.3 Å². The third-order valence-electron chi connectivity index (χ3n) is 5.68. The number of nitrogens with one attached hydrogen (secondary N) is 1. The van der Waals surface area contributed by atoms with Crippen LogP contribution in [0, 0.1) is 12.7 Å². The number of hydrogen-bond acceptors (Lipinski definition) is 5. The van der Waals surface area contributed by atoms with Gasteiger partial charge in [0, 0.05) is 35.3 Å². The minimum atomic E-state index is -0.365. The summed E-state index contributed by atoms with van der Waals surface area (Å²) in [4.78, 5) is 44.7. The van der Waals surface area contributed by atoms with Gasteiger partial charge in [-0.15, -0.1) is 0 Å². The summed E-state index contributed by atoms with van der Waals surface area (Å²) in [6, 6.07) is 12.8. The lowest BCUT2D eigenvalue weighted by Gasteiger charge is -2.13. The van der Waals surface area contributed by atoms with Gasteiger partial charge >= 0.3 is 0 Å². The van der Waals surface area contributed by atoms with Crippen LogP contribution < -0.4 is 5.32 Å². The van der Waals surface area contributed by atoms with Crippen molar-refractivity contribution in [2.75, 3.05) is 6.54 Å². The summed E-state index contributed by atoms with van der Waals surface area (Å²) in [7, 11) is 0. The zero-order chi connectivity index (χ0) is 23.1. The molecule has 0 aliphatic carbocycles. The summed E-state index contributed by atoms with van der Waals surface area (Å²) in [6.07, 6.45) is 1.92. The highest BCUT2D eigenvalue weighted by Gasteiger charge is 2.34. The molecule has 33 heavy (non-hydrogen) atoms. The number of halogens is 1. The zero-order valence-electron chi connectivity index (χ0n) is 17.7. The Bertz CT molecular complexity index is 1370. The Balaban J connectivity index is 1.20. The number of amides is 3. The number of imidazole rings is 1. The first kappa shape index (κ1) is 21.0. The fourth-order valence-electron chi connectivity index (χ4n) is 3.84. The highest BCUT2D eigenvalue weighted by Crippen LogP contribution is 2.27. The van der Waals surface area contributed by atoms with Crippen molar-refractivity contribution in [2.24, 2.45) is 0 Å². The maximum atomic E-state index is 13.2. The average molecular weight is 463 g/mol. The summed E-state index contributed by atoms with van der Waals surface area (Å²) in [6.45, 7) is 2.30. The van der Waals surface area contributed by atoms with Gasteiger partial charge in [0.05, 0.1) is 23.4 Å². The molecular weight excluding hydrogens is 443 g/mol. The second kappa shape index (κ2) is 8.25. The van der Waals surface area contributed by atoms with Crippen LogP contribution in [-0.4, -0.2) is 38.6 Å². The molecule has 7 nitrogen and oxygen atoms in total. The van der Waals surface area contributed by atoms with Gasteiger partial charge in [0.2, 0.25) is 5.91 Å². The van der Waals surface area contributed by atoms with Gasteiger partial charge < -0.3 is 5.32 Å². The van der Waals surface area contributed by atoms with Crippen molar-refractivity contribution in [3.05, 3.63) is 82.2 Å². The number of fused-ring (bicyclic) bond motifs is 2. The molecule has 3 amide bonds. The Morgan fingerprint density at radius 2 is 1.73 bits per heavy atom. The molecule has 0 saturated carbocycles. The van der Waals surface area contributed by atoms with Gasteiger partial charge in [-0.3, -0.25) is 23.7 Å². The quantitative estimate of drug-likeness (QED) is 0.442. The van der Waals surface area contributed by atoms with E-state index in [0.717, 1.165) is 31.7 Å². The molecule has 4 aromatic rings. The number of aromatic nitrogens is 2. The van der Waals surface area contributed by atoms with E-state index in [-0.39, 0.29) is 36.5 Å². The summed E-state index contributed by atoms with van der Waals surface area (Å²) >= 11 is 1.46. The number of nitrogens with zero attached hydrogens (tertiary/aromatic N) is 3. The third kappa shape index (κ3) is 3.80. The summed E-state index contributed by atoms with van der Waals surface area (Å²) in [5.41, 5.74) is 3.29. The van der Waals surface area contributed by atoms with E-state index in [1.165, 1.54) is 23.5 Å². The molecule has 2 aromatic heterocycles. The van der Waals surface area contributed by atoms with Crippen molar-refractivity contribution >= 4 is 34.0 Å². The molecular formula is C24H19FN4O3S. The van der Waals surface area contributed by atoms with E-state index in [1.54, 1.807) is 36.4 Å². The van der Waals surface area contributed by atoms with Gasteiger partial charge in [-0.1, -0.05) is 23.5 Å². The van der Waals surface area contributed by atoms with E-state index < -0.39 is 0 Å². The highest BCUT2D eigenvalue weighted by atomic mass is 32.1. The number of aryl methyl sites for hydroxylation is 1. The van der Waals surface area contributed by atoms with E-state index >= 15 is 0 Å². The Labute approximate surface area is 192 Å². The predicted octanol–water partition coefficient (Wildman–Crippen LogP) is 3.81. The van der Waals surface area contributed by atoms with Crippen LogP contribution in [0.2, 0.25) is 0 Å². The minimum Gasteiger partial charge on any atom is -0.351 e. The first-order valence-electron chi connectivity index (χ1n) is 10.4. The normalized spacial score (nSPS) is 13.1. The first-order chi connectivity index (χ1) is 15.9. The van der Waals surface area contributed by atoms with Crippen LogP contribution in [-0.2, 0) is 11.3 Å². The van der Waals surface area contributed by atoms with Crippen molar-refractivity contribution < 1.29 is 18.8 Å². The smallest absolute Gasteiger partial charge is 0.261 e. The fourth-order valence-corrected chi connectivity index (χ4v) is 4.88. The van der Waals surface area contributed by atoms with Gasteiger partial charge in [0.1, 0.15) is 5.82 Å². The number of carbonyl (C=O) groups is 3. The standard InChI is InChI=1S/C24H19FN4O3S/c1-14-20(33-24-27-19(13-29(14)24)15-6-8-16(25)9-7-15)12-26-21(30)10-11-28-22(31)17-4-2-3-5-18(17)23(28)32/h2-9,13H,10-12H2,1H3,(H,26,30). The summed E-state index contributed by atoms with van der Waals surface area (Å²) < 4.78 is 15.1. The number of thiazole rings is 1. The average Bonchev–Trinajstić information content (AvgIpc) is 3.44. The van der Waals surface area contributed by atoms with Crippen molar-refractivity contribution in [1.82, 2.24) is 19.6 Å². The third-order valence-corrected chi connectivity index (χ3v) is 6.84. The number of carbonyl (C=O) groups excluding carboxylic acids is 3. The lowest BCUT2D eigenvalue weighted by atomic mass is 10.1. The van der Waals surface area contributed by atoms with E-state index in [4.69, 9.17) is 0 Å². The highest BCUT2D eigenvalue weighted by molar-refractivity contribution is 7.17. The SMILES string of the molecule is Cc1c(CNC(=O)CCN2C(=O)c3ccccc3C2=O)sc2nc(-c3ccc(F)cc3)cn12. The molecule has 0 spiro atoms. The lowest BCUT2D eigenvalue weighted by molar-refractivity contribution is -0.121. The van der Waals surface area contributed by atoms with Crippen molar-refractivity contribution in [3.8, 4) is 11.3 Å². The largest absolute Gasteiger partial charge is 0.351 e. The molecule has 0 atom stereocenters. The number of benzene rings is 2. The topological polar surface area (TPSA) is 83.8 Å². The van der Waals surface area contributed by atoms with Crippen LogP contribution in [0.5, 0.6) is 0 Å². The Hall–Kier alpha value is -3.85. The summed E-state index contributed by atoms with van der Waals surface area (Å²) in [5, 5.41) is 2.86. The van der Waals surface area contributed by atoms with Gasteiger partial charge in [0.15, 0.2) is 4.96 Å². The Kier molecular flexibility index (Phi) is 5.26. The molecule has 3 heterocycles. The molecule has 1 N–H and O–H groups in total. The van der Waals surface area contributed by atoms with Crippen LogP contribution >= 0.6 is 11.3 Å². The molecule has 0 saturated heterocycles. The van der Waals surface area contributed by atoms with Crippen LogP contribution in [0.1, 0.15) is 37.7 Å². The van der Waals surface area contributed by atoms with E-state index in [9.17, 15) is 18.8 Å². The van der Waals surface area contributed by atoms with Crippen LogP contribution in [0.4, 0.5) is 4.39 Å². The molecule has 1 aliphatic heterocycles. The molecule has 9 heteroatoms. The number of imide groups is 1. The lowest BCUT2D eigenvalue weighted by Crippen LogP contribution is -2.34. The maximum Gasteiger partial charge on any atom is 0.261 e. The van der Waals surface area contributed by atoms with Crippen LogP contribution in [0.25, 0.3) is 16.2 Å². The number of rotatable bonds is 6. The minimum absolute atomic E-state index is 0.0295. The van der Waals surface area contributed by atoms with E-state index in [2.05, 4.69) is 10.3 Å². The molecule has 2 aromatic carbocycles. The monoisotopic (exact) mass is 462 g/mol. The van der Waals surface area contributed by atoms with Gasteiger partial charge in [-0.25, -0.2) is 9.37 Å². The number of hydrogen-bond donors (Lipinski definition) is 1. The van der Waals surface area contributed by atoms with Crippen molar-refractivity contribution in [2.45, 2.75) is 19.9 Å². The molecule has 5 rings (SSSR count). The Morgan fingerprint density at radius 1 is 1.06 bits per heavy atom. The van der Waals surface area contributed by atoms with Crippen molar-refractivity contribution in [1.29, 1.82) is 0 Å². The molecule has 166 valence electrons. The molecule has 0 fully saturated rings. The predicted molar refractivity (Wildman–Crippen MR) is 121 cm³/mol. The van der Waals surface area contributed by atoms with Crippen molar-refractivity contribution in [3.63, 3.8) is 0 Å². The Morgan fingerprint density at radius 3 is 2.36 bits per heavy atom.